The van der Waals surface area contributed by atoms with Gasteiger partial charge in [-0.1, -0.05) is 6.92 Å². The van der Waals surface area contributed by atoms with Crippen LogP contribution in [0.3, 0.4) is 0 Å². The topological polar surface area (TPSA) is 258 Å². The van der Waals surface area contributed by atoms with Crippen LogP contribution in [0.25, 0.3) is 0 Å². The lowest BCUT2D eigenvalue weighted by atomic mass is 9.96. The van der Waals surface area contributed by atoms with Crippen molar-refractivity contribution in [2.24, 2.45) is 0 Å². The number of aliphatic hydroxyl groups is 10. The minimum absolute atomic E-state index is 0.211. The number of hydrogen-bond acceptors (Lipinski definition) is 16. The molecule has 218 valence electrons. The van der Waals surface area contributed by atoms with Crippen LogP contribution in [0.5, 0.6) is 0 Å². The van der Waals surface area contributed by atoms with Crippen LogP contribution < -0.4 is 0 Å². The quantitative estimate of drug-likeness (QED) is 0.122. The first kappa shape index (κ1) is 30.9. The van der Waals surface area contributed by atoms with Crippen LogP contribution in [0.15, 0.2) is 0 Å². The molecule has 0 bridgehead atoms. The Hall–Kier alpha value is -0.640. The minimum atomic E-state index is -1.88. The van der Waals surface area contributed by atoms with E-state index in [9.17, 15) is 51.1 Å². The van der Waals surface area contributed by atoms with Crippen molar-refractivity contribution in [3.63, 3.8) is 0 Å². The molecule has 6 unspecified atom stereocenters. The molecule has 16 heteroatoms. The molecule has 3 saturated heterocycles. The Bertz CT molecular complexity index is 681. The van der Waals surface area contributed by atoms with Gasteiger partial charge in [0.05, 0.1) is 19.8 Å². The van der Waals surface area contributed by atoms with Gasteiger partial charge in [0, 0.05) is 6.61 Å². The van der Waals surface area contributed by atoms with Gasteiger partial charge in [-0.3, -0.25) is 0 Å². The summed E-state index contributed by atoms with van der Waals surface area (Å²) in [7, 11) is 0. The normalized spacial score (nSPS) is 49.2. The van der Waals surface area contributed by atoms with Crippen molar-refractivity contribution < 1.29 is 79.5 Å². The fraction of sp³-hybridized carbons (Fsp3) is 1.00. The largest absolute Gasteiger partial charge is 0.394 e. The highest BCUT2D eigenvalue weighted by atomic mass is 16.8. The average Bonchev–Trinajstić information content (AvgIpc) is 2.90. The molecule has 15 atom stereocenters. The highest BCUT2D eigenvalue weighted by Crippen LogP contribution is 2.32. The summed E-state index contributed by atoms with van der Waals surface area (Å²) in [5.41, 5.74) is 0. The number of aliphatic hydroxyl groups excluding tert-OH is 10. The Morgan fingerprint density at radius 2 is 0.919 bits per heavy atom. The fourth-order valence-electron chi connectivity index (χ4n) is 4.42. The van der Waals surface area contributed by atoms with E-state index in [4.69, 9.17) is 28.4 Å². The molecule has 0 amide bonds. The standard InChI is InChI=1S/C21H38O16/c1-2-3-32-19-15(30)12(27)17(8(5-23)34-19)37-21-16(31)13(28)18(9(6-24)35-21)36-20-14(29)11(26)10(25)7(4-22)33-20/h7-31H,2-6H2,1H3/t7?,8?,9?,10-,11-,12+,13+,14?,15?,16?,17+,18-,19+,20+,21-/m0/s1. The molecule has 0 aromatic carbocycles. The minimum Gasteiger partial charge on any atom is -0.394 e. The second kappa shape index (κ2) is 13.6. The maximum Gasteiger partial charge on any atom is 0.187 e. The molecular weight excluding hydrogens is 508 g/mol. The van der Waals surface area contributed by atoms with E-state index in [1.54, 1.807) is 0 Å². The monoisotopic (exact) mass is 546 g/mol. The second-order valence-electron chi connectivity index (χ2n) is 9.18. The maximum atomic E-state index is 10.7. The summed E-state index contributed by atoms with van der Waals surface area (Å²) in [4.78, 5) is 0. The maximum absolute atomic E-state index is 10.7. The van der Waals surface area contributed by atoms with Gasteiger partial charge in [0.15, 0.2) is 18.9 Å². The molecule has 3 rings (SSSR count). The van der Waals surface area contributed by atoms with E-state index in [-0.39, 0.29) is 6.61 Å². The van der Waals surface area contributed by atoms with Gasteiger partial charge in [0.25, 0.3) is 0 Å². The third-order valence-corrected chi connectivity index (χ3v) is 6.56. The fourth-order valence-corrected chi connectivity index (χ4v) is 4.42. The van der Waals surface area contributed by atoms with Crippen molar-refractivity contribution in [3.8, 4) is 0 Å². The predicted octanol–water partition coefficient (Wildman–Crippen LogP) is -6.14. The van der Waals surface area contributed by atoms with E-state index >= 15 is 0 Å². The molecule has 3 aliphatic heterocycles. The van der Waals surface area contributed by atoms with Crippen molar-refractivity contribution in [2.75, 3.05) is 26.4 Å². The summed E-state index contributed by atoms with van der Waals surface area (Å²) < 4.78 is 32.6. The van der Waals surface area contributed by atoms with Gasteiger partial charge in [-0.05, 0) is 6.42 Å². The van der Waals surface area contributed by atoms with Gasteiger partial charge < -0.3 is 79.5 Å². The third kappa shape index (κ3) is 6.58. The van der Waals surface area contributed by atoms with E-state index in [1.807, 2.05) is 6.92 Å². The predicted molar refractivity (Wildman–Crippen MR) is 115 cm³/mol. The first-order chi connectivity index (χ1) is 17.6. The Balaban J connectivity index is 1.70. The van der Waals surface area contributed by atoms with Crippen LogP contribution >= 0.6 is 0 Å². The van der Waals surface area contributed by atoms with Gasteiger partial charge in [0.1, 0.15) is 73.2 Å². The summed E-state index contributed by atoms with van der Waals surface area (Å²) in [6, 6.07) is 0. The molecule has 37 heavy (non-hydrogen) atoms. The van der Waals surface area contributed by atoms with E-state index in [0.29, 0.717) is 6.42 Å². The molecule has 3 heterocycles. The summed E-state index contributed by atoms with van der Waals surface area (Å²) >= 11 is 0. The van der Waals surface area contributed by atoms with Crippen molar-refractivity contribution in [1.29, 1.82) is 0 Å². The van der Waals surface area contributed by atoms with Crippen LogP contribution in [0, 0.1) is 0 Å². The van der Waals surface area contributed by atoms with Gasteiger partial charge in [-0.25, -0.2) is 0 Å². The molecular formula is C21H38O16. The summed E-state index contributed by atoms with van der Waals surface area (Å²) in [6.45, 7) is -0.167. The highest BCUT2D eigenvalue weighted by molar-refractivity contribution is 4.96. The van der Waals surface area contributed by atoms with Crippen LogP contribution in [0.2, 0.25) is 0 Å². The first-order valence-corrected chi connectivity index (χ1v) is 12.1. The molecule has 10 N–H and O–H groups in total. The molecule has 0 saturated carbocycles. The summed E-state index contributed by atoms with van der Waals surface area (Å²) in [6.07, 6.45) is -23.2. The molecule has 0 radical (unpaired) electrons. The zero-order chi connectivity index (χ0) is 27.4. The van der Waals surface area contributed by atoms with Gasteiger partial charge >= 0.3 is 0 Å². The molecule has 0 aromatic rings. The van der Waals surface area contributed by atoms with E-state index in [0.717, 1.165) is 0 Å². The van der Waals surface area contributed by atoms with Gasteiger partial charge in [-0.2, -0.15) is 0 Å². The zero-order valence-corrected chi connectivity index (χ0v) is 20.1. The third-order valence-electron chi connectivity index (χ3n) is 6.56. The smallest absolute Gasteiger partial charge is 0.187 e. The lowest BCUT2D eigenvalue weighted by Crippen LogP contribution is -2.66. The van der Waals surface area contributed by atoms with Gasteiger partial charge in [-0.15, -0.1) is 0 Å². The Morgan fingerprint density at radius 1 is 0.514 bits per heavy atom. The van der Waals surface area contributed by atoms with Crippen molar-refractivity contribution in [1.82, 2.24) is 0 Å². The van der Waals surface area contributed by atoms with Crippen molar-refractivity contribution >= 4 is 0 Å². The van der Waals surface area contributed by atoms with E-state index in [1.165, 1.54) is 0 Å². The molecule has 16 nitrogen and oxygen atoms in total. The molecule has 0 spiro atoms. The average molecular weight is 547 g/mol. The molecule has 3 aliphatic rings. The Kier molecular flexibility index (Phi) is 11.4. The van der Waals surface area contributed by atoms with Crippen LogP contribution in [-0.4, -0.2) is 170 Å². The van der Waals surface area contributed by atoms with Crippen LogP contribution in [-0.2, 0) is 28.4 Å². The van der Waals surface area contributed by atoms with Crippen molar-refractivity contribution in [3.05, 3.63) is 0 Å². The molecule has 3 fully saturated rings. The van der Waals surface area contributed by atoms with Crippen LogP contribution in [0.4, 0.5) is 0 Å². The first-order valence-electron chi connectivity index (χ1n) is 12.1. The van der Waals surface area contributed by atoms with Crippen LogP contribution in [0.1, 0.15) is 13.3 Å². The number of ether oxygens (including phenoxy) is 6. The lowest BCUT2D eigenvalue weighted by molar-refractivity contribution is -0.379. The summed E-state index contributed by atoms with van der Waals surface area (Å²) in [5, 5.41) is 101. The Morgan fingerprint density at radius 3 is 1.38 bits per heavy atom. The lowest BCUT2D eigenvalue weighted by Gasteiger charge is -2.48. The second-order valence-corrected chi connectivity index (χ2v) is 9.18. The van der Waals surface area contributed by atoms with Crippen molar-refractivity contribution in [2.45, 2.75) is 105 Å². The SMILES string of the molecule is CCCO[C@@H]1OC(CO)[C@@H](O[C@@H]2OC(CO)[C@H](O[C@H]3OC(CO)[C@H](O)[C@H](O)C3O)[C@H](O)C2O)[C@H](O)C1O. The zero-order valence-electron chi connectivity index (χ0n) is 20.1. The van der Waals surface area contributed by atoms with E-state index < -0.39 is 112 Å². The van der Waals surface area contributed by atoms with Gasteiger partial charge in [0.2, 0.25) is 0 Å². The molecule has 0 aliphatic carbocycles. The van der Waals surface area contributed by atoms with E-state index in [2.05, 4.69) is 0 Å². The molecule has 0 aromatic heterocycles. The number of hydrogen-bond donors (Lipinski definition) is 10. The Labute approximate surface area is 212 Å². The highest BCUT2D eigenvalue weighted by Gasteiger charge is 2.53. The summed E-state index contributed by atoms with van der Waals surface area (Å²) in [5.74, 6) is 0. The number of rotatable bonds is 10.